The summed E-state index contributed by atoms with van der Waals surface area (Å²) < 4.78 is 5.79. The maximum absolute atomic E-state index is 11.8. The van der Waals surface area contributed by atoms with E-state index in [-0.39, 0.29) is 29.0 Å². The lowest BCUT2D eigenvalue weighted by atomic mass is 9.52. The van der Waals surface area contributed by atoms with Gasteiger partial charge in [-0.25, -0.2) is 0 Å². The molecular formula is C21H30O4. The van der Waals surface area contributed by atoms with E-state index < -0.39 is 6.10 Å². The largest absolute Gasteiger partial charge is 0.458 e. The van der Waals surface area contributed by atoms with Crippen molar-refractivity contribution in [1.82, 2.24) is 0 Å². The quantitative estimate of drug-likeness (QED) is 0.565. The van der Waals surface area contributed by atoms with E-state index in [1.54, 1.807) is 0 Å². The van der Waals surface area contributed by atoms with Crippen LogP contribution in [0.3, 0.4) is 0 Å². The van der Waals surface area contributed by atoms with E-state index >= 15 is 0 Å². The summed E-state index contributed by atoms with van der Waals surface area (Å²) in [6.45, 7) is 5.97. The molecule has 2 N–H and O–H groups in total. The summed E-state index contributed by atoms with van der Waals surface area (Å²) in [5.41, 5.74) is 2.55. The molecule has 0 aromatic carbocycles. The molecule has 4 heteroatoms. The van der Waals surface area contributed by atoms with Gasteiger partial charge in [0.15, 0.2) is 0 Å². The summed E-state index contributed by atoms with van der Waals surface area (Å²) in [4.78, 5) is 11.8. The Labute approximate surface area is 149 Å². The summed E-state index contributed by atoms with van der Waals surface area (Å²) in [5.74, 6) is 0.359. The smallest absolute Gasteiger partial charge is 0.303 e. The monoisotopic (exact) mass is 346 g/mol. The van der Waals surface area contributed by atoms with Crippen molar-refractivity contribution in [3.63, 3.8) is 0 Å². The van der Waals surface area contributed by atoms with Crippen molar-refractivity contribution in [3.05, 3.63) is 23.3 Å². The van der Waals surface area contributed by atoms with Crippen molar-refractivity contribution >= 4 is 5.97 Å². The predicted octanol–water partition coefficient (Wildman–Crippen LogP) is 3.13. The van der Waals surface area contributed by atoms with Gasteiger partial charge in [0.1, 0.15) is 6.10 Å². The fraction of sp³-hybridized carbons (Fsp3) is 0.762. The van der Waals surface area contributed by atoms with Crippen LogP contribution >= 0.6 is 0 Å². The molecule has 1 fully saturated rings. The second-order valence-corrected chi connectivity index (χ2v) is 9.06. The minimum atomic E-state index is -0.402. The van der Waals surface area contributed by atoms with Crippen molar-refractivity contribution in [2.45, 2.75) is 77.6 Å². The number of ether oxygens (including phenoxy) is 1. The first kappa shape index (κ1) is 17.3. The van der Waals surface area contributed by atoms with E-state index in [1.165, 1.54) is 18.1 Å². The van der Waals surface area contributed by atoms with Gasteiger partial charge in [0.05, 0.1) is 12.2 Å². The van der Waals surface area contributed by atoms with Gasteiger partial charge in [0.2, 0.25) is 0 Å². The van der Waals surface area contributed by atoms with Gasteiger partial charge in [-0.05, 0) is 55.9 Å². The average molecular weight is 346 g/mol. The first-order valence-corrected chi connectivity index (χ1v) is 9.72. The molecule has 0 aromatic rings. The standard InChI is InChI=1S/C21H30O4/c1-12(22)25-17-11-13-10-14(23)6-8-20(13,2)16-7-9-21(3)15(19(16)17)4-5-18(21)24/h6,8,13-15,17-18,23-24H,4-5,7,9-11H2,1-3H3/t13?,14?,15-,17?,18?,20-,21-/m0/s1. The number of fused-ring (bicyclic) bond motifs is 4. The SMILES string of the molecule is CC(=O)OC1CC2CC(O)C=C[C@]2(C)C2=C1[C@@H]1CCC(O)[C@@]1(C)CC2. The first-order chi connectivity index (χ1) is 11.8. The van der Waals surface area contributed by atoms with Crippen LogP contribution in [0.25, 0.3) is 0 Å². The highest BCUT2D eigenvalue weighted by molar-refractivity contribution is 5.66. The number of carbonyl (C=O) groups excluding carboxylic acids is 1. The maximum Gasteiger partial charge on any atom is 0.303 e. The van der Waals surface area contributed by atoms with Crippen LogP contribution in [-0.2, 0) is 9.53 Å². The molecule has 4 aliphatic rings. The van der Waals surface area contributed by atoms with Gasteiger partial charge in [-0.3, -0.25) is 4.79 Å². The highest BCUT2D eigenvalue weighted by atomic mass is 16.5. The molecule has 7 atom stereocenters. The molecule has 0 aliphatic heterocycles. The third-order valence-corrected chi connectivity index (χ3v) is 7.77. The molecule has 4 nitrogen and oxygen atoms in total. The van der Waals surface area contributed by atoms with E-state index in [0.717, 1.165) is 38.5 Å². The van der Waals surface area contributed by atoms with Crippen LogP contribution in [0.15, 0.2) is 23.3 Å². The topological polar surface area (TPSA) is 66.8 Å². The summed E-state index contributed by atoms with van der Waals surface area (Å²) in [7, 11) is 0. The van der Waals surface area contributed by atoms with Crippen molar-refractivity contribution in [2.75, 3.05) is 0 Å². The van der Waals surface area contributed by atoms with Gasteiger partial charge in [0, 0.05) is 17.8 Å². The lowest BCUT2D eigenvalue weighted by molar-refractivity contribution is -0.147. The normalized spacial score (nSPS) is 48.6. The molecule has 0 heterocycles. The van der Waals surface area contributed by atoms with Crippen LogP contribution in [0.1, 0.15) is 59.3 Å². The number of hydrogen-bond acceptors (Lipinski definition) is 4. The van der Waals surface area contributed by atoms with Crippen LogP contribution in [0, 0.1) is 22.7 Å². The zero-order valence-electron chi connectivity index (χ0n) is 15.5. The predicted molar refractivity (Wildman–Crippen MR) is 94.6 cm³/mol. The van der Waals surface area contributed by atoms with Crippen molar-refractivity contribution in [1.29, 1.82) is 0 Å². The minimum absolute atomic E-state index is 0.0555. The van der Waals surface area contributed by atoms with E-state index in [1.807, 2.05) is 6.08 Å². The van der Waals surface area contributed by atoms with Gasteiger partial charge in [-0.1, -0.05) is 31.6 Å². The van der Waals surface area contributed by atoms with E-state index in [2.05, 4.69) is 19.9 Å². The third-order valence-electron chi connectivity index (χ3n) is 7.77. The van der Waals surface area contributed by atoms with E-state index in [0.29, 0.717) is 11.8 Å². The van der Waals surface area contributed by atoms with Crippen LogP contribution in [0.2, 0.25) is 0 Å². The van der Waals surface area contributed by atoms with Crippen LogP contribution < -0.4 is 0 Å². The molecule has 4 unspecified atom stereocenters. The van der Waals surface area contributed by atoms with Crippen LogP contribution in [0.4, 0.5) is 0 Å². The van der Waals surface area contributed by atoms with Gasteiger partial charge in [-0.15, -0.1) is 0 Å². The molecule has 0 bridgehead atoms. The van der Waals surface area contributed by atoms with Gasteiger partial charge >= 0.3 is 5.97 Å². The molecule has 4 rings (SSSR count). The Bertz CT molecular complexity index is 650. The molecule has 0 saturated heterocycles. The molecule has 4 aliphatic carbocycles. The van der Waals surface area contributed by atoms with Gasteiger partial charge in [0.25, 0.3) is 0 Å². The Hall–Kier alpha value is -1.13. The summed E-state index contributed by atoms with van der Waals surface area (Å²) in [5, 5.41) is 20.7. The molecule has 0 aromatic heterocycles. The van der Waals surface area contributed by atoms with Gasteiger partial charge < -0.3 is 14.9 Å². The Morgan fingerprint density at radius 3 is 2.72 bits per heavy atom. The highest BCUT2D eigenvalue weighted by Crippen LogP contribution is 2.62. The third kappa shape index (κ3) is 2.44. The minimum Gasteiger partial charge on any atom is -0.458 e. The molecule has 0 radical (unpaired) electrons. The van der Waals surface area contributed by atoms with Gasteiger partial charge in [-0.2, -0.15) is 0 Å². The fourth-order valence-corrected chi connectivity index (χ4v) is 6.26. The Balaban J connectivity index is 1.84. The van der Waals surface area contributed by atoms with Crippen LogP contribution in [0.5, 0.6) is 0 Å². The number of hydrogen-bond donors (Lipinski definition) is 2. The Kier molecular flexibility index (Phi) is 3.93. The molecule has 1 saturated carbocycles. The molecular weight excluding hydrogens is 316 g/mol. The number of aliphatic hydroxyl groups excluding tert-OH is 2. The highest BCUT2D eigenvalue weighted by Gasteiger charge is 2.57. The lowest BCUT2D eigenvalue weighted by Gasteiger charge is -2.54. The molecule has 0 amide bonds. The average Bonchev–Trinajstić information content (AvgIpc) is 2.84. The lowest BCUT2D eigenvalue weighted by Crippen LogP contribution is -2.49. The fourth-order valence-electron chi connectivity index (χ4n) is 6.26. The second kappa shape index (κ2) is 5.68. The number of esters is 1. The number of allylic oxidation sites excluding steroid dienone is 2. The van der Waals surface area contributed by atoms with E-state index in [4.69, 9.17) is 4.74 Å². The summed E-state index contributed by atoms with van der Waals surface area (Å²) >= 11 is 0. The first-order valence-electron chi connectivity index (χ1n) is 9.72. The molecule has 138 valence electrons. The molecule has 25 heavy (non-hydrogen) atoms. The Morgan fingerprint density at radius 1 is 1.24 bits per heavy atom. The van der Waals surface area contributed by atoms with E-state index in [9.17, 15) is 15.0 Å². The summed E-state index contributed by atoms with van der Waals surface area (Å²) in [6.07, 6.45) is 8.52. The zero-order valence-corrected chi connectivity index (χ0v) is 15.5. The summed E-state index contributed by atoms with van der Waals surface area (Å²) in [6, 6.07) is 0. The zero-order chi connectivity index (χ0) is 18.0. The van der Waals surface area contributed by atoms with Crippen molar-refractivity contribution < 1.29 is 19.7 Å². The number of aliphatic hydroxyl groups is 2. The van der Waals surface area contributed by atoms with Crippen molar-refractivity contribution in [2.24, 2.45) is 22.7 Å². The maximum atomic E-state index is 11.8. The molecule has 0 spiro atoms. The van der Waals surface area contributed by atoms with Crippen LogP contribution in [-0.4, -0.2) is 34.5 Å². The second-order valence-electron chi connectivity index (χ2n) is 9.06. The van der Waals surface area contributed by atoms with Crippen molar-refractivity contribution in [3.8, 4) is 0 Å². The number of carbonyl (C=O) groups is 1. The number of rotatable bonds is 1. The Morgan fingerprint density at radius 2 is 2.00 bits per heavy atom.